The molecule has 0 radical (unpaired) electrons. The normalized spacial score (nSPS) is 12.0. The summed E-state index contributed by atoms with van der Waals surface area (Å²) in [5.74, 6) is 6.24. The van der Waals surface area contributed by atoms with E-state index in [0.29, 0.717) is 27.3 Å². The van der Waals surface area contributed by atoms with Crippen LogP contribution >= 0.6 is 35.0 Å². The Morgan fingerprint density at radius 1 is 1.23 bits per heavy atom. The van der Waals surface area contributed by atoms with Crippen molar-refractivity contribution >= 4 is 46.6 Å². The number of aromatic nitrogens is 4. The van der Waals surface area contributed by atoms with Gasteiger partial charge in [0.2, 0.25) is 11.1 Å². The highest BCUT2D eigenvalue weighted by Crippen LogP contribution is 2.29. The van der Waals surface area contributed by atoms with Gasteiger partial charge in [-0.3, -0.25) is 4.79 Å². The number of hydrogen-bond donors (Lipinski definition) is 2. The van der Waals surface area contributed by atoms with Gasteiger partial charge in [0.1, 0.15) is 0 Å². The highest BCUT2D eigenvalue weighted by molar-refractivity contribution is 8.00. The van der Waals surface area contributed by atoms with E-state index in [0.717, 1.165) is 0 Å². The molecule has 0 saturated carbocycles. The number of rotatable bonds is 5. The average Bonchev–Trinajstić information content (AvgIpc) is 2.98. The number of nitrogens with two attached hydrogens (primary N) is 1. The maximum absolute atomic E-state index is 12.4. The van der Waals surface area contributed by atoms with Crippen molar-refractivity contribution in [1.29, 1.82) is 0 Å². The Balaban J connectivity index is 1.74. The lowest BCUT2D eigenvalue weighted by Gasteiger charge is -2.12. The Morgan fingerprint density at radius 2 is 2.00 bits per heavy atom. The lowest BCUT2D eigenvalue weighted by atomic mass is 10.2. The molecular weight excluding hydrogens is 395 g/mol. The number of pyridine rings is 1. The van der Waals surface area contributed by atoms with Crippen LogP contribution in [-0.4, -0.2) is 31.0 Å². The van der Waals surface area contributed by atoms with Gasteiger partial charge in [0.25, 0.3) is 0 Å². The van der Waals surface area contributed by atoms with E-state index in [1.165, 1.54) is 16.4 Å². The van der Waals surface area contributed by atoms with Crippen LogP contribution in [-0.2, 0) is 4.79 Å². The fraction of sp³-hybridized carbons (Fsp3) is 0.125. The number of nitrogens with one attached hydrogen (secondary N) is 1. The number of carbonyl (C=O) groups is 1. The smallest absolute Gasteiger partial charge is 0.237 e. The van der Waals surface area contributed by atoms with Crippen LogP contribution in [0.2, 0.25) is 10.2 Å². The molecule has 3 aromatic rings. The zero-order valence-corrected chi connectivity index (χ0v) is 15.9. The molecule has 2 heterocycles. The van der Waals surface area contributed by atoms with Gasteiger partial charge in [0, 0.05) is 11.8 Å². The van der Waals surface area contributed by atoms with E-state index in [-0.39, 0.29) is 11.1 Å². The van der Waals surface area contributed by atoms with Crippen LogP contribution < -0.4 is 11.2 Å². The Morgan fingerprint density at radius 3 is 2.73 bits per heavy atom. The summed E-state index contributed by atoms with van der Waals surface area (Å²) in [6.45, 7) is 1.73. The summed E-state index contributed by atoms with van der Waals surface area (Å²) in [5.41, 5.74) is 1.10. The van der Waals surface area contributed by atoms with Crippen molar-refractivity contribution in [2.24, 2.45) is 0 Å². The third-order valence-corrected chi connectivity index (χ3v) is 5.14. The van der Waals surface area contributed by atoms with Crippen LogP contribution in [0.4, 0.5) is 5.69 Å². The van der Waals surface area contributed by atoms with Crippen LogP contribution in [0.15, 0.2) is 47.8 Å². The van der Waals surface area contributed by atoms with Gasteiger partial charge < -0.3 is 11.2 Å². The number of hydrogen-bond acceptors (Lipinski definition) is 6. The minimum atomic E-state index is -0.489. The second-order valence-electron chi connectivity index (χ2n) is 5.25. The largest absolute Gasteiger partial charge is 0.335 e. The van der Waals surface area contributed by atoms with E-state index in [9.17, 15) is 4.79 Å². The molecule has 1 atom stereocenters. The van der Waals surface area contributed by atoms with Gasteiger partial charge in [-0.1, -0.05) is 47.1 Å². The van der Waals surface area contributed by atoms with Gasteiger partial charge in [0.15, 0.2) is 11.0 Å². The summed E-state index contributed by atoms with van der Waals surface area (Å²) in [7, 11) is 0. The Kier molecular flexibility index (Phi) is 5.65. The van der Waals surface area contributed by atoms with E-state index in [2.05, 4.69) is 20.5 Å². The summed E-state index contributed by atoms with van der Waals surface area (Å²) in [5, 5.41) is 11.5. The zero-order valence-electron chi connectivity index (χ0n) is 13.6. The number of nitrogen functional groups attached to an aromatic ring is 1. The van der Waals surface area contributed by atoms with E-state index in [1.807, 2.05) is 12.1 Å². The standard InChI is InChI=1S/C16H14Cl2N6OS/c1-9(15(25)21-12-7-4-8-20-13(12)18)26-16-23-22-14(24(16)19)10-5-2-3-6-11(10)17/h2-9H,19H2,1H3,(H,21,25)/t9-/m1/s1. The lowest BCUT2D eigenvalue weighted by Crippen LogP contribution is -2.24. The van der Waals surface area contributed by atoms with Crippen molar-refractivity contribution in [2.75, 3.05) is 11.2 Å². The lowest BCUT2D eigenvalue weighted by molar-refractivity contribution is -0.115. The van der Waals surface area contributed by atoms with E-state index < -0.39 is 5.25 Å². The van der Waals surface area contributed by atoms with E-state index >= 15 is 0 Å². The number of carbonyl (C=O) groups excluding carboxylic acids is 1. The van der Waals surface area contributed by atoms with Crippen molar-refractivity contribution < 1.29 is 4.79 Å². The summed E-state index contributed by atoms with van der Waals surface area (Å²) in [6, 6.07) is 10.5. The van der Waals surface area contributed by atoms with Gasteiger partial charge in [-0.2, -0.15) is 0 Å². The molecule has 0 bridgehead atoms. The topological polar surface area (TPSA) is 98.7 Å². The molecule has 26 heavy (non-hydrogen) atoms. The average molecular weight is 409 g/mol. The first-order valence-corrected chi connectivity index (χ1v) is 9.14. The molecule has 1 amide bonds. The minimum absolute atomic E-state index is 0.223. The Labute approximate surface area is 163 Å². The first-order chi connectivity index (χ1) is 12.5. The molecule has 7 nitrogen and oxygen atoms in total. The number of amides is 1. The Bertz CT molecular complexity index is 948. The maximum atomic E-state index is 12.4. The van der Waals surface area contributed by atoms with Gasteiger partial charge >= 0.3 is 0 Å². The quantitative estimate of drug-likeness (QED) is 0.380. The van der Waals surface area contributed by atoms with Crippen molar-refractivity contribution in [2.45, 2.75) is 17.3 Å². The third kappa shape index (κ3) is 3.92. The third-order valence-electron chi connectivity index (χ3n) is 3.45. The summed E-state index contributed by atoms with van der Waals surface area (Å²) in [6.07, 6.45) is 1.54. The Hall–Kier alpha value is -2.29. The van der Waals surface area contributed by atoms with Gasteiger partial charge in [-0.05, 0) is 31.2 Å². The predicted molar refractivity (Wildman–Crippen MR) is 104 cm³/mol. The molecule has 0 spiro atoms. The number of benzene rings is 1. The molecule has 10 heteroatoms. The molecular formula is C16H14Cl2N6OS. The van der Waals surface area contributed by atoms with E-state index in [1.54, 1.807) is 37.4 Å². The molecule has 0 aliphatic rings. The molecule has 134 valence electrons. The van der Waals surface area contributed by atoms with E-state index in [4.69, 9.17) is 29.0 Å². The van der Waals surface area contributed by atoms with Crippen LogP contribution in [0.3, 0.4) is 0 Å². The highest BCUT2D eigenvalue weighted by Gasteiger charge is 2.21. The molecule has 0 aliphatic heterocycles. The maximum Gasteiger partial charge on any atom is 0.237 e. The second kappa shape index (κ2) is 7.94. The molecule has 3 N–H and O–H groups in total. The molecule has 0 aliphatic carbocycles. The summed E-state index contributed by atoms with van der Waals surface area (Å²) >= 11 is 13.3. The van der Waals surface area contributed by atoms with Crippen LogP contribution in [0.1, 0.15) is 6.92 Å². The first kappa shape index (κ1) is 18.5. The fourth-order valence-corrected chi connectivity index (χ4v) is 3.27. The molecule has 0 unspecified atom stereocenters. The summed E-state index contributed by atoms with van der Waals surface area (Å²) < 4.78 is 1.31. The second-order valence-corrected chi connectivity index (χ2v) is 7.32. The fourth-order valence-electron chi connectivity index (χ4n) is 2.11. The molecule has 2 aromatic heterocycles. The number of anilines is 1. The monoisotopic (exact) mass is 408 g/mol. The molecule has 1 aromatic carbocycles. The molecule has 0 saturated heterocycles. The van der Waals surface area contributed by atoms with Crippen molar-refractivity contribution in [3.8, 4) is 11.4 Å². The number of halogens is 2. The van der Waals surface area contributed by atoms with Crippen LogP contribution in [0, 0.1) is 0 Å². The summed E-state index contributed by atoms with van der Waals surface area (Å²) in [4.78, 5) is 16.3. The van der Waals surface area contributed by atoms with Gasteiger partial charge in [-0.15, -0.1) is 10.2 Å². The van der Waals surface area contributed by atoms with Gasteiger partial charge in [0.05, 0.1) is 16.0 Å². The van der Waals surface area contributed by atoms with Crippen molar-refractivity contribution in [3.63, 3.8) is 0 Å². The predicted octanol–water partition coefficient (Wildman–Crippen LogP) is 3.48. The van der Waals surface area contributed by atoms with Crippen LogP contribution in [0.25, 0.3) is 11.4 Å². The SMILES string of the molecule is C[C@@H](Sc1nnc(-c2ccccc2Cl)n1N)C(=O)Nc1cccnc1Cl. The van der Waals surface area contributed by atoms with Crippen molar-refractivity contribution in [1.82, 2.24) is 19.9 Å². The molecule has 3 rings (SSSR count). The van der Waals surface area contributed by atoms with Crippen LogP contribution in [0.5, 0.6) is 0 Å². The molecule has 0 fully saturated rings. The van der Waals surface area contributed by atoms with Gasteiger partial charge in [-0.25, -0.2) is 9.66 Å². The first-order valence-electron chi connectivity index (χ1n) is 7.51. The minimum Gasteiger partial charge on any atom is -0.335 e. The van der Waals surface area contributed by atoms with Crippen molar-refractivity contribution in [3.05, 3.63) is 52.8 Å². The highest BCUT2D eigenvalue weighted by atomic mass is 35.5. The zero-order chi connectivity index (χ0) is 18.7. The number of thioether (sulfide) groups is 1. The number of nitrogens with zero attached hydrogens (tertiary/aromatic N) is 4.